The molecule has 1 rings (SSSR count). The molecule has 0 heterocycles. The molecule has 0 saturated heterocycles. The average molecular weight is 223 g/mol. The zero-order valence-electron chi connectivity index (χ0n) is 11.2. The van der Waals surface area contributed by atoms with Crippen LogP contribution in [0.2, 0.25) is 0 Å². The first kappa shape index (κ1) is 13.8. The lowest BCUT2D eigenvalue weighted by atomic mass is 9.89. The molecule has 0 spiro atoms. The average Bonchev–Trinajstić information content (AvgIpc) is 2.48. The monoisotopic (exact) mass is 223 g/mol. The van der Waals surface area contributed by atoms with Gasteiger partial charge in [0.15, 0.2) is 0 Å². The van der Waals surface area contributed by atoms with Crippen LogP contribution in [-0.4, -0.2) is 12.6 Å². The van der Waals surface area contributed by atoms with Crippen LogP contribution in [0.15, 0.2) is 12.2 Å². The van der Waals surface area contributed by atoms with E-state index >= 15 is 0 Å². The Kier molecular flexibility index (Phi) is 6.79. The number of rotatable bonds is 6. The first-order chi connectivity index (χ1) is 7.74. The van der Waals surface area contributed by atoms with Crippen molar-refractivity contribution in [1.82, 2.24) is 5.32 Å². The van der Waals surface area contributed by atoms with Crippen LogP contribution in [0, 0.1) is 5.92 Å². The molecule has 94 valence electrons. The Hall–Kier alpha value is -0.300. The van der Waals surface area contributed by atoms with E-state index in [1.165, 1.54) is 63.5 Å². The van der Waals surface area contributed by atoms with E-state index in [0.29, 0.717) is 0 Å². The summed E-state index contributed by atoms with van der Waals surface area (Å²) in [6, 6.07) is 0.779. The van der Waals surface area contributed by atoms with Crippen molar-refractivity contribution in [3.8, 4) is 0 Å². The fraction of sp³-hybridized carbons (Fsp3) is 0.867. The summed E-state index contributed by atoms with van der Waals surface area (Å²) in [6.45, 7) is 9.63. The van der Waals surface area contributed by atoms with E-state index < -0.39 is 0 Å². The maximum absolute atomic E-state index is 4.03. The lowest BCUT2D eigenvalue weighted by Gasteiger charge is -2.26. The Morgan fingerprint density at radius 2 is 2.00 bits per heavy atom. The van der Waals surface area contributed by atoms with Gasteiger partial charge in [0.2, 0.25) is 0 Å². The lowest BCUT2D eigenvalue weighted by Crippen LogP contribution is -2.36. The van der Waals surface area contributed by atoms with Gasteiger partial charge in [-0.3, -0.25) is 0 Å². The maximum Gasteiger partial charge on any atom is 0.00954 e. The smallest absolute Gasteiger partial charge is 0.00954 e. The summed E-state index contributed by atoms with van der Waals surface area (Å²) in [5, 5.41) is 3.76. The second kappa shape index (κ2) is 7.89. The van der Waals surface area contributed by atoms with Gasteiger partial charge in [-0.15, -0.1) is 6.58 Å². The molecule has 1 aliphatic rings. The molecule has 1 N–H and O–H groups in total. The second-order valence-corrected chi connectivity index (χ2v) is 5.45. The van der Waals surface area contributed by atoms with Crippen molar-refractivity contribution in [3.05, 3.63) is 12.2 Å². The van der Waals surface area contributed by atoms with Gasteiger partial charge < -0.3 is 5.32 Å². The topological polar surface area (TPSA) is 12.0 Å². The van der Waals surface area contributed by atoms with Crippen LogP contribution in [0.4, 0.5) is 0 Å². The van der Waals surface area contributed by atoms with Gasteiger partial charge in [-0.05, 0) is 51.5 Å². The fourth-order valence-corrected chi connectivity index (χ4v) is 2.76. The van der Waals surface area contributed by atoms with E-state index in [9.17, 15) is 0 Å². The van der Waals surface area contributed by atoms with Crippen molar-refractivity contribution in [3.63, 3.8) is 0 Å². The molecule has 2 unspecified atom stereocenters. The largest absolute Gasteiger partial charge is 0.314 e. The Morgan fingerprint density at radius 3 is 2.69 bits per heavy atom. The normalized spacial score (nSPS) is 26.4. The van der Waals surface area contributed by atoms with Gasteiger partial charge in [-0.25, -0.2) is 0 Å². The number of hydrogen-bond donors (Lipinski definition) is 1. The maximum atomic E-state index is 4.03. The predicted octanol–water partition coefficient (Wildman–Crippen LogP) is 4.29. The van der Waals surface area contributed by atoms with Gasteiger partial charge in [0.25, 0.3) is 0 Å². The minimum Gasteiger partial charge on any atom is -0.314 e. The van der Waals surface area contributed by atoms with E-state index in [-0.39, 0.29) is 0 Å². The van der Waals surface area contributed by atoms with Crippen molar-refractivity contribution in [2.24, 2.45) is 5.92 Å². The van der Waals surface area contributed by atoms with Crippen LogP contribution in [0.1, 0.15) is 65.2 Å². The van der Waals surface area contributed by atoms with Crippen LogP contribution in [0.5, 0.6) is 0 Å². The first-order valence-corrected chi connectivity index (χ1v) is 7.11. The van der Waals surface area contributed by atoms with Crippen molar-refractivity contribution in [2.45, 2.75) is 71.3 Å². The van der Waals surface area contributed by atoms with Crippen LogP contribution in [0.3, 0.4) is 0 Å². The molecule has 16 heavy (non-hydrogen) atoms. The quantitative estimate of drug-likeness (QED) is 0.523. The van der Waals surface area contributed by atoms with Crippen molar-refractivity contribution < 1.29 is 0 Å². The summed E-state index contributed by atoms with van der Waals surface area (Å²) in [4.78, 5) is 0. The molecule has 2 atom stereocenters. The van der Waals surface area contributed by atoms with E-state index in [1.54, 1.807) is 0 Å². The SMILES string of the molecule is C=C(C)CCC1CCCCCC1NCCC. The Labute approximate surface area is 102 Å². The first-order valence-electron chi connectivity index (χ1n) is 7.11. The van der Waals surface area contributed by atoms with Crippen LogP contribution >= 0.6 is 0 Å². The molecule has 0 radical (unpaired) electrons. The molecule has 0 aliphatic heterocycles. The number of hydrogen-bond acceptors (Lipinski definition) is 1. The van der Waals surface area contributed by atoms with Gasteiger partial charge in [-0.2, -0.15) is 0 Å². The predicted molar refractivity (Wildman–Crippen MR) is 72.7 cm³/mol. The standard InChI is InChI=1S/C15H29N/c1-4-12-16-15-9-7-5-6-8-14(15)11-10-13(2)3/h14-16H,2,4-12H2,1,3H3. The molecule has 0 amide bonds. The minimum atomic E-state index is 0.779. The summed E-state index contributed by atoms with van der Waals surface area (Å²) in [7, 11) is 0. The Balaban J connectivity index is 2.41. The molecule has 1 saturated carbocycles. The highest BCUT2D eigenvalue weighted by Crippen LogP contribution is 2.28. The second-order valence-electron chi connectivity index (χ2n) is 5.45. The van der Waals surface area contributed by atoms with E-state index in [2.05, 4.69) is 25.7 Å². The zero-order valence-corrected chi connectivity index (χ0v) is 11.2. The summed E-state index contributed by atoms with van der Waals surface area (Å²) in [5.41, 5.74) is 1.35. The summed E-state index contributed by atoms with van der Waals surface area (Å²) in [5.74, 6) is 0.894. The Morgan fingerprint density at radius 1 is 1.25 bits per heavy atom. The number of allylic oxidation sites excluding steroid dienone is 1. The van der Waals surface area contributed by atoms with Crippen LogP contribution in [-0.2, 0) is 0 Å². The molecular formula is C15H29N. The molecule has 0 aromatic rings. The zero-order chi connectivity index (χ0) is 11.8. The molecule has 0 aromatic heterocycles. The highest BCUT2D eigenvalue weighted by Gasteiger charge is 2.22. The third-order valence-corrected chi connectivity index (χ3v) is 3.76. The summed E-state index contributed by atoms with van der Waals surface area (Å²) < 4.78 is 0. The highest BCUT2D eigenvalue weighted by atomic mass is 14.9. The molecule has 0 bridgehead atoms. The molecule has 1 nitrogen and oxygen atoms in total. The van der Waals surface area contributed by atoms with Gasteiger partial charge in [0.1, 0.15) is 0 Å². The molecule has 1 aliphatic carbocycles. The van der Waals surface area contributed by atoms with Crippen LogP contribution < -0.4 is 5.32 Å². The molecule has 1 fully saturated rings. The highest BCUT2D eigenvalue weighted by molar-refractivity contribution is 4.90. The third kappa shape index (κ3) is 5.16. The van der Waals surface area contributed by atoms with Gasteiger partial charge in [0, 0.05) is 6.04 Å². The minimum absolute atomic E-state index is 0.779. The third-order valence-electron chi connectivity index (χ3n) is 3.76. The lowest BCUT2D eigenvalue weighted by molar-refractivity contribution is 0.317. The van der Waals surface area contributed by atoms with Crippen LogP contribution in [0.25, 0.3) is 0 Å². The summed E-state index contributed by atoms with van der Waals surface area (Å²) in [6.07, 6.45) is 10.9. The summed E-state index contributed by atoms with van der Waals surface area (Å²) >= 11 is 0. The molecule has 1 heteroatoms. The van der Waals surface area contributed by atoms with E-state index in [4.69, 9.17) is 0 Å². The van der Waals surface area contributed by atoms with E-state index in [1.807, 2.05) is 0 Å². The Bertz CT molecular complexity index is 198. The van der Waals surface area contributed by atoms with Crippen molar-refractivity contribution in [2.75, 3.05) is 6.54 Å². The van der Waals surface area contributed by atoms with E-state index in [0.717, 1.165) is 12.0 Å². The molecular weight excluding hydrogens is 194 g/mol. The van der Waals surface area contributed by atoms with Crippen molar-refractivity contribution in [1.29, 1.82) is 0 Å². The van der Waals surface area contributed by atoms with Gasteiger partial charge in [0.05, 0.1) is 0 Å². The van der Waals surface area contributed by atoms with Crippen molar-refractivity contribution >= 4 is 0 Å². The van der Waals surface area contributed by atoms with Gasteiger partial charge in [-0.1, -0.05) is 31.8 Å². The number of nitrogens with one attached hydrogen (secondary N) is 1. The molecule has 0 aromatic carbocycles. The van der Waals surface area contributed by atoms with Gasteiger partial charge >= 0.3 is 0 Å². The fourth-order valence-electron chi connectivity index (χ4n) is 2.76.